The molecule has 0 spiro atoms. The summed E-state index contributed by atoms with van der Waals surface area (Å²) >= 11 is 4.74. The van der Waals surface area contributed by atoms with Gasteiger partial charge in [-0.2, -0.15) is 0 Å². The summed E-state index contributed by atoms with van der Waals surface area (Å²) in [7, 11) is 0. The lowest BCUT2D eigenvalue weighted by Crippen LogP contribution is -2.46. The number of alkyl carbamates (subject to hydrolysis) is 1. The molecule has 0 atom stereocenters. The van der Waals surface area contributed by atoms with Crippen molar-refractivity contribution in [2.45, 2.75) is 45.3 Å². The van der Waals surface area contributed by atoms with Crippen LogP contribution >= 0.6 is 12.2 Å². The van der Waals surface area contributed by atoms with E-state index in [1.54, 1.807) is 0 Å². The molecule has 1 aromatic rings. The van der Waals surface area contributed by atoms with E-state index in [0.717, 1.165) is 37.4 Å². The maximum Gasteiger partial charge on any atom is 0.407 e. The molecule has 0 saturated carbocycles. The molecule has 0 aliphatic carbocycles. The van der Waals surface area contributed by atoms with E-state index in [1.165, 1.54) is 5.49 Å². The summed E-state index contributed by atoms with van der Waals surface area (Å²) in [5.41, 5.74) is 2.06. The minimum Gasteiger partial charge on any atom is -0.444 e. The second-order valence-electron chi connectivity index (χ2n) is 6.57. The van der Waals surface area contributed by atoms with Crippen LogP contribution in [-0.4, -0.2) is 41.3 Å². The molecular formula is C16H24N4O2S. The zero-order valence-corrected chi connectivity index (χ0v) is 14.7. The Morgan fingerprint density at radius 2 is 2.09 bits per heavy atom. The highest BCUT2D eigenvalue weighted by Crippen LogP contribution is 2.20. The first-order chi connectivity index (χ1) is 10.9. The Balaban J connectivity index is 1.81. The van der Waals surface area contributed by atoms with Gasteiger partial charge in [0.1, 0.15) is 11.4 Å². The number of piperidine rings is 1. The lowest BCUT2D eigenvalue weighted by Gasteiger charge is -2.34. The fraction of sp³-hybridized carbons (Fsp3) is 0.562. The molecule has 0 radical (unpaired) electrons. The Labute approximate surface area is 142 Å². The fourth-order valence-corrected chi connectivity index (χ4v) is 2.60. The van der Waals surface area contributed by atoms with E-state index in [4.69, 9.17) is 17.0 Å². The standard InChI is InChI=1S/C16H24N4O2S/c1-16(2,3)22-15(21)19-12-6-8-20(9-7-12)13-4-5-14(17-10-13)18-11-23/h4-5,10-12H,6-9H2,1-3H3,(H,19,21)(H,17,18,23). The summed E-state index contributed by atoms with van der Waals surface area (Å²) < 4.78 is 5.30. The van der Waals surface area contributed by atoms with Crippen LogP contribution in [0.2, 0.25) is 0 Å². The predicted octanol–water partition coefficient (Wildman–Crippen LogP) is 2.94. The highest BCUT2D eigenvalue weighted by atomic mass is 32.1. The van der Waals surface area contributed by atoms with Gasteiger partial charge >= 0.3 is 6.09 Å². The highest BCUT2D eigenvalue weighted by molar-refractivity contribution is 7.79. The van der Waals surface area contributed by atoms with Crippen molar-refractivity contribution in [1.29, 1.82) is 0 Å². The summed E-state index contributed by atoms with van der Waals surface area (Å²) in [6, 6.07) is 4.09. The molecule has 23 heavy (non-hydrogen) atoms. The van der Waals surface area contributed by atoms with Crippen LogP contribution in [-0.2, 0) is 4.74 Å². The molecule has 1 amide bonds. The van der Waals surface area contributed by atoms with Crippen LogP contribution in [0, 0.1) is 0 Å². The number of hydrogen-bond donors (Lipinski definition) is 2. The van der Waals surface area contributed by atoms with Gasteiger partial charge < -0.3 is 20.3 Å². The van der Waals surface area contributed by atoms with Crippen molar-refractivity contribution in [3.63, 3.8) is 0 Å². The lowest BCUT2D eigenvalue weighted by molar-refractivity contribution is 0.0497. The van der Waals surface area contributed by atoms with Crippen molar-refractivity contribution in [3.05, 3.63) is 18.3 Å². The third kappa shape index (κ3) is 5.67. The van der Waals surface area contributed by atoms with Crippen molar-refractivity contribution < 1.29 is 9.53 Å². The number of anilines is 2. The normalized spacial score (nSPS) is 15.9. The fourth-order valence-electron chi connectivity index (χ4n) is 2.48. The van der Waals surface area contributed by atoms with Gasteiger partial charge in [0.15, 0.2) is 0 Å². The molecule has 1 aliphatic heterocycles. The van der Waals surface area contributed by atoms with Crippen molar-refractivity contribution in [1.82, 2.24) is 10.3 Å². The number of ether oxygens (including phenoxy) is 1. The maximum absolute atomic E-state index is 11.8. The SMILES string of the molecule is CC(C)(C)OC(=O)NC1CCN(c2ccc(NC=S)nc2)CC1. The number of carbonyl (C=O) groups is 1. The van der Waals surface area contributed by atoms with Gasteiger partial charge in [-0.05, 0) is 45.7 Å². The van der Waals surface area contributed by atoms with Gasteiger partial charge in [-0.15, -0.1) is 0 Å². The molecule has 0 unspecified atom stereocenters. The molecule has 0 aromatic carbocycles. The number of nitrogens with one attached hydrogen (secondary N) is 2. The van der Waals surface area contributed by atoms with Crippen LogP contribution in [0.15, 0.2) is 18.3 Å². The van der Waals surface area contributed by atoms with Crippen LogP contribution in [0.3, 0.4) is 0 Å². The van der Waals surface area contributed by atoms with E-state index < -0.39 is 5.60 Å². The summed E-state index contributed by atoms with van der Waals surface area (Å²) in [6.45, 7) is 7.35. The number of hydrogen-bond acceptors (Lipinski definition) is 5. The third-order valence-electron chi connectivity index (χ3n) is 3.54. The number of rotatable bonds is 4. The van der Waals surface area contributed by atoms with Crippen LogP contribution in [0.1, 0.15) is 33.6 Å². The maximum atomic E-state index is 11.8. The smallest absolute Gasteiger partial charge is 0.407 e. The van der Waals surface area contributed by atoms with Crippen LogP contribution in [0.4, 0.5) is 16.3 Å². The molecule has 2 rings (SSSR count). The van der Waals surface area contributed by atoms with Crippen molar-refractivity contribution in [3.8, 4) is 0 Å². The molecular weight excluding hydrogens is 312 g/mol. The minimum absolute atomic E-state index is 0.157. The third-order valence-corrected chi connectivity index (χ3v) is 3.65. The van der Waals surface area contributed by atoms with Crippen LogP contribution in [0.25, 0.3) is 0 Å². The van der Waals surface area contributed by atoms with Gasteiger partial charge in [0.25, 0.3) is 0 Å². The zero-order chi connectivity index (χ0) is 16.9. The van der Waals surface area contributed by atoms with E-state index in [9.17, 15) is 4.79 Å². The first-order valence-electron chi connectivity index (χ1n) is 7.78. The van der Waals surface area contributed by atoms with Crippen LogP contribution < -0.4 is 15.5 Å². The Morgan fingerprint density at radius 3 is 2.61 bits per heavy atom. The predicted molar refractivity (Wildman–Crippen MR) is 96.1 cm³/mol. The van der Waals surface area contributed by atoms with E-state index in [1.807, 2.05) is 39.1 Å². The summed E-state index contributed by atoms with van der Waals surface area (Å²) in [5, 5.41) is 5.83. The molecule has 1 fully saturated rings. The zero-order valence-electron chi connectivity index (χ0n) is 13.8. The van der Waals surface area contributed by atoms with E-state index in [-0.39, 0.29) is 12.1 Å². The van der Waals surface area contributed by atoms with Gasteiger partial charge in [-0.25, -0.2) is 9.78 Å². The first-order valence-corrected chi connectivity index (χ1v) is 8.25. The number of nitrogens with zero attached hydrogens (tertiary/aromatic N) is 2. The highest BCUT2D eigenvalue weighted by Gasteiger charge is 2.23. The summed E-state index contributed by atoms with van der Waals surface area (Å²) in [4.78, 5) is 18.4. The molecule has 1 saturated heterocycles. The number of carbonyl (C=O) groups excluding carboxylic acids is 1. The largest absolute Gasteiger partial charge is 0.444 e. The second kappa shape index (κ2) is 7.59. The number of aromatic nitrogens is 1. The molecule has 2 N–H and O–H groups in total. The Morgan fingerprint density at radius 1 is 1.39 bits per heavy atom. The molecule has 1 aliphatic rings. The summed E-state index contributed by atoms with van der Waals surface area (Å²) in [5.74, 6) is 0.741. The van der Waals surface area contributed by atoms with Crippen LogP contribution in [0.5, 0.6) is 0 Å². The monoisotopic (exact) mass is 336 g/mol. The molecule has 0 bridgehead atoms. The molecule has 7 heteroatoms. The Bertz CT molecular complexity index is 534. The van der Waals surface area contributed by atoms with E-state index >= 15 is 0 Å². The topological polar surface area (TPSA) is 66.5 Å². The van der Waals surface area contributed by atoms with Crippen molar-refractivity contribution >= 4 is 35.3 Å². The lowest BCUT2D eigenvalue weighted by atomic mass is 10.0. The van der Waals surface area contributed by atoms with Gasteiger partial charge in [0, 0.05) is 19.1 Å². The molecule has 126 valence electrons. The average molecular weight is 336 g/mol. The number of pyridine rings is 1. The number of amides is 1. The first kappa shape index (κ1) is 17.5. The van der Waals surface area contributed by atoms with Gasteiger partial charge in [-0.1, -0.05) is 12.2 Å². The molecule has 1 aromatic heterocycles. The minimum atomic E-state index is -0.464. The van der Waals surface area contributed by atoms with Gasteiger partial charge in [0.05, 0.1) is 17.4 Å². The van der Waals surface area contributed by atoms with E-state index in [2.05, 4.69) is 20.5 Å². The van der Waals surface area contributed by atoms with Gasteiger partial charge in [-0.3, -0.25) is 0 Å². The number of thiocarbonyl (C=S) groups is 1. The molecule has 2 heterocycles. The van der Waals surface area contributed by atoms with Gasteiger partial charge in [0.2, 0.25) is 0 Å². The average Bonchev–Trinajstić information content (AvgIpc) is 2.47. The quantitative estimate of drug-likeness (QED) is 0.824. The van der Waals surface area contributed by atoms with Crippen molar-refractivity contribution in [2.24, 2.45) is 0 Å². The Hall–Kier alpha value is -1.89. The summed E-state index contributed by atoms with van der Waals surface area (Å²) in [6.07, 6.45) is 3.27. The Kier molecular flexibility index (Phi) is 5.76. The van der Waals surface area contributed by atoms with Crippen molar-refractivity contribution in [2.75, 3.05) is 23.3 Å². The second-order valence-corrected chi connectivity index (χ2v) is 6.81. The molecule has 6 nitrogen and oxygen atoms in total. The van der Waals surface area contributed by atoms with E-state index in [0.29, 0.717) is 0 Å².